The molecule has 4 nitrogen and oxygen atoms in total. The third-order valence-corrected chi connectivity index (χ3v) is 13.8. The highest BCUT2D eigenvalue weighted by atomic mass is 16.5. The van der Waals surface area contributed by atoms with Crippen molar-refractivity contribution in [2.45, 2.75) is 45.4 Å². The first-order valence-corrected chi connectivity index (χ1v) is 21.1. The Kier molecular flexibility index (Phi) is 6.57. The Morgan fingerprint density at radius 3 is 2.13 bits per heavy atom. The minimum Gasteiger partial charge on any atom is -0.456 e. The average Bonchev–Trinajstić information content (AvgIpc) is 3.76. The summed E-state index contributed by atoms with van der Waals surface area (Å²) in [6, 6.07) is 58.0. The van der Waals surface area contributed by atoms with Crippen molar-refractivity contribution < 1.29 is 9.15 Å². The molecule has 8 aromatic carbocycles. The number of hydrogen-bond donors (Lipinski definition) is 0. The van der Waals surface area contributed by atoms with Crippen molar-refractivity contribution in [2.24, 2.45) is 0 Å². The standard InChI is InChI=1S/C55H41BN2O2/c1-54(2,3)33-26-27-40(37(30-33)32-16-7-6-8-17-32)57-42-28-29-46-49(35-19-10-13-23-44(35)59-46)51(42)56-52-43(57)31-39-48(34-18-9-11-21-38(34)55(39,4)5)50(52)36-20-15-25-47-53(36)58(56)41-22-12-14-24-45(41)60-47/h6-31H,1-5H3. The molecule has 0 bridgehead atoms. The SMILES string of the molecule is CC(C)(C)c1ccc(N2c3cc4c(c5c3B(c3c2ccc2oc6ccccc6c32)N2c3ccccc3Oc3cccc-5c32)-c2ccccc2C4(C)C)c(-c2ccccc2)c1. The van der Waals surface area contributed by atoms with Gasteiger partial charge in [-0.2, -0.15) is 0 Å². The maximum absolute atomic E-state index is 6.86. The van der Waals surface area contributed by atoms with Gasteiger partial charge < -0.3 is 18.9 Å². The van der Waals surface area contributed by atoms with Crippen LogP contribution in [0, 0.1) is 0 Å². The van der Waals surface area contributed by atoms with Gasteiger partial charge in [0.2, 0.25) is 0 Å². The van der Waals surface area contributed by atoms with Crippen molar-refractivity contribution in [3.05, 3.63) is 174 Å². The number of furan rings is 1. The predicted octanol–water partition coefficient (Wildman–Crippen LogP) is 13.7. The largest absolute Gasteiger partial charge is 0.456 e. The van der Waals surface area contributed by atoms with Crippen molar-refractivity contribution in [3.63, 3.8) is 0 Å². The van der Waals surface area contributed by atoms with E-state index in [9.17, 15) is 0 Å². The van der Waals surface area contributed by atoms with E-state index in [0.29, 0.717) is 0 Å². The van der Waals surface area contributed by atoms with E-state index in [2.05, 4.69) is 202 Å². The van der Waals surface area contributed by atoms with E-state index in [4.69, 9.17) is 9.15 Å². The van der Waals surface area contributed by atoms with Crippen molar-refractivity contribution in [1.82, 2.24) is 0 Å². The molecule has 0 spiro atoms. The fraction of sp³-hybridized carbons (Fsp3) is 0.127. The Morgan fingerprint density at radius 2 is 1.27 bits per heavy atom. The molecule has 13 rings (SSSR count). The van der Waals surface area contributed by atoms with E-state index in [0.717, 1.165) is 56.2 Å². The number of hydrogen-bond acceptors (Lipinski definition) is 4. The second-order valence-corrected chi connectivity index (χ2v) is 18.4. The Balaban J connectivity index is 1.25. The Morgan fingerprint density at radius 1 is 0.533 bits per heavy atom. The highest BCUT2D eigenvalue weighted by Gasteiger charge is 2.52. The summed E-state index contributed by atoms with van der Waals surface area (Å²) in [5.74, 6) is 1.73. The quantitative estimate of drug-likeness (QED) is 0.164. The molecule has 0 amide bonds. The van der Waals surface area contributed by atoms with Gasteiger partial charge in [0.1, 0.15) is 16.9 Å². The fourth-order valence-corrected chi connectivity index (χ4v) is 11.0. The van der Waals surface area contributed by atoms with Crippen molar-refractivity contribution in [1.29, 1.82) is 0 Å². The van der Waals surface area contributed by atoms with Gasteiger partial charge in [-0.05, 0) is 110 Å². The van der Waals surface area contributed by atoms with Gasteiger partial charge >= 0.3 is 6.85 Å². The Hall–Kier alpha value is -6.98. The molecule has 286 valence electrons. The second kappa shape index (κ2) is 11.6. The van der Waals surface area contributed by atoms with E-state index in [-0.39, 0.29) is 17.7 Å². The summed E-state index contributed by atoms with van der Waals surface area (Å²) in [6.45, 7) is 11.5. The number of anilines is 5. The molecule has 0 fully saturated rings. The molecule has 3 aliphatic heterocycles. The zero-order valence-electron chi connectivity index (χ0n) is 34.3. The van der Waals surface area contributed by atoms with E-state index < -0.39 is 0 Å². The summed E-state index contributed by atoms with van der Waals surface area (Å²) in [5, 5.41) is 2.27. The number of ether oxygens (including phenoxy) is 1. The normalized spacial score (nSPS) is 14.9. The van der Waals surface area contributed by atoms with Crippen molar-refractivity contribution in [2.75, 3.05) is 9.71 Å². The molecule has 5 heteroatoms. The van der Waals surface area contributed by atoms with Crippen LogP contribution in [0.2, 0.25) is 0 Å². The minimum atomic E-state index is -0.239. The van der Waals surface area contributed by atoms with Crippen LogP contribution in [0.3, 0.4) is 0 Å². The highest BCUT2D eigenvalue weighted by molar-refractivity contribution is 6.95. The van der Waals surface area contributed by atoms with E-state index >= 15 is 0 Å². The molecule has 1 aliphatic carbocycles. The lowest BCUT2D eigenvalue weighted by Gasteiger charge is -2.48. The van der Waals surface area contributed by atoms with E-state index in [1.54, 1.807) is 0 Å². The van der Waals surface area contributed by atoms with Crippen molar-refractivity contribution in [3.8, 4) is 44.9 Å². The maximum atomic E-state index is 6.86. The first-order chi connectivity index (χ1) is 29.2. The van der Waals surface area contributed by atoms with Gasteiger partial charge in [-0.3, -0.25) is 0 Å². The molecule has 0 saturated heterocycles. The van der Waals surface area contributed by atoms with Gasteiger partial charge in [0.25, 0.3) is 0 Å². The predicted molar refractivity (Wildman–Crippen MR) is 249 cm³/mol. The van der Waals surface area contributed by atoms with Crippen LogP contribution in [0.15, 0.2) is 162 Å². The van der Waals surface area contributed by atoms with Crippen LogP contribution in [-0.2, 0) is 10.8 Å². The molecule has 0 N–H and O–H groups in total. The Labute approximate surface area is 350 Å². The third-order valence-electron chi connectivity index (χ3n) is 13.8. The van der Waals surface area contributed by atoms with Crippen LogP contribution in [-0.4, -0.2) is 6.85 Å². The van der Waals surface area contributed by atoms with Crippen LogP contribution >= 0.6 is 0 Å². The molecule has 0 radical (unpaired) electrons. The first kappa shape index (κ1) is 33.9. The van der Waals surface area contributed by atoms with Crippen LogP contribution in [0.25, 0.3) is 55.3 Å². The zero-order chi connectivity index (χ0) is 40.2. The lowest BCUT2D eigenvalue weighted by Crippen LogP contribution is -2.62. The van der Waals surface area contributed by atoms with Crippen molar-refractivity contribution >= 4 is 68.1 Å². The molecule has 60 heavy (non-hydrogen) atoms. The summed E-state index contributed by atoms with van der Waals surface area (Å²) in [7, 11) is 0. The number of para-hydroxylation sites is 4. The average molecular weight is 773 g/mol. The molecule has 0 saturated carbocycles. The van der Waals surface area contributed by atoms with Crippen LogP contribution in [0.5, 0.6) is 11.5 Å². The van der Waals surface area contributed by atoms with Crippen LogP contribution in [0.1, 0.15) is 51.3 Å². The van der Waals surface area contributed by atoms with Gasteiger partial charge in [-0.15, -0.1) is 0 Å². The smallest absolute Gasteiger partial charge is 0.334 e. The Bertz CT molecular complexity index is 3340. The second-order valence-electron chi connectivity index (χ2n) is 18.4. The van der Waals surface area contributed by atoms with Crippen LogP contribution in [0.4, 0.5) is 28.4 Å². The molecule has 4 aliphatic rings. The van der Waals surface area contributed by atoms with Gasteiger partial charge in [0.05, 0.1) is 17.1 Å². The summed E-state index contributed by atoms with van der Waals surface area (Å²) in [4.78, 5) is 5.19. The summed E-state index contributed by atoms with van der Waals surface area (Å²) >= 11 is 0. The van der Waals surface area contributed by atoms with Gasteiger partial charge in [-0.25, -0.2) is 0 Å². The molecular weight excluding hydrogens is 731 g/mol. The summed E-state index contributed by atoms with van der Waals surface area (Å²) < 4.78 is 13.6. The lowest BCUT2D eigenvalue weighted by atomic mass is 9.42. The van der Waals surface area contributed by atoms with Gasteiger partial charge in [0, 0.05) is 38.7 Å². The minimum absolute atomic E-state index is 0.0392. The van der Waals surface area contributed by atoms with Gasteiger partial charge in [-0.1, -0.05) is 138 Å². The fourth-order valence-electron chi connectivity index (χ4n) is 11.0. The number of fused-ring (bicyclic) bond motifs is 14. The lowest BCUT2D eigenvalue weighted by molar-refractivity contribution is 0.478. The highest BCUT2D eigenvalue weighted by Crippen LogP contribution is 2.61. The molecule has 0 atom stereocenters. The third kappa shape index (κ3) is 4.31. The number of rotatable bonds is 2. The monoisotopic (exact) mass is 772 g/mol. The maximum Gasteiger partial charge on any atom is 0.334 e. The zero-order valence-corrected chi connectivity index (χ0v) is 34.3. The molecule has 0 unspecified atom stereocenters. The topological polar surface area (TPSA) is 28.9 Å². The molecule has 1 aromatic heterocycles. The number of benzene rings is 8. The summed E-state index contributed by atoms with van der Waals surface area (Å²) in [5.41, 5.74) is 21.2. The first-order valence-electron chi connectivity index (χ1n) is 21.1. The van der Waals surface area contributed by atoms with E-state index in [1.165, 1.54) is 66.7 Å². The molecule has 4 heterocycles. The molecular formula is C55H41BN2O2. The van der Waals surface area contributed by atoms with Crippen LogP contribution < -0.4 is 25.4 Å². The number of nitrogens with zero attached hydrogens (tertiary/aromatic N) is 2. The molecule has 9 aromatic rings. The van der Waals surface area contributed by atoms with Gasteiger partial charge in [0.15, 0.2) is 5.75 Å². The van der Waals surface area contributed by atoms with E-state index in [1.807, 2.05) is 0 Å². The summed E-state index contributed by atoms with van der Waals surface area (Å²) in [6.07, 6.45) is 0.